The van der Waals surface area contributed by atoms with Gasteiger partial charge >= 0.3 is 11.9 Å². The van der Waals surface area contributed by atoms with E-state index in [1.165, 1.54) is 13.2 Å². The number of hydrogen-bond donors (Lipinski definition) is 0. The van der Waals surface area contributed by atoms with Gasteiger partial charge in [-0.25, -0.2) is 9.59 Å². The van der Waals surface area contributed by atoms with Crippen LogP contribution in [0.5, 0.6) is 0 Å². The number of esters is 2. The fraction of sp³-hybridized carbons (Fsp3) is 0.429. The molecule has 1 aliphatic rings. The summed E-state index contributed by atoms with van der Waals surface area (Å²) in [6.45, 7) is 7.73. The van der Waals surface area contributed by atoms with E-state index in [0.717, 1.165) is 0 Å². The standard InChI is InChI=1S/C14H18O5/c1-5-11(10(3)14(16)17-4)6-9(2)13(15)19-8-12-7-18-12/h5-6,12H,1,7-8H2,2-4H3/b9-6+,11-10+. The van der Waals surface area contributed by atoms with Gasteiger partial charge in [0, 0.05) is 11.1 Å². The maximum absolute atomic E-state index is 11.7. The van der Waals surface area contributed by atoms with Crippen LogP contribution in [-0.4, -0.2) is 38.4 Å². The van der Waals surface area contributed by atoms with Crippen LogP contribution < -0.4 is 0 Å². The molecule has 0 aromatic heterocycles. The quantitative estimate of drug-likeness (QED) is 0.316. The van der Waals surface area contributed by atoms with Crippen molar-refractivity contribution in [1.29, 1.82) is 0 Å². The summed E-state index contributed by atoms with van der Waals surface area (Å²) in [6.07, 6.45) is 3.07. The molecule has 1 aliphatic heterocycles. The smallest absolute Gasteiger partial charge is 0.334 e. The molecule has 0 aromatic carbocycles. The molecule has 0 saturated carbocycles. The number of rotatable bonds is 6. The number of methoxy groups -OCH3 is 1. The van der Waals surface area contributed by atoms with Gasteiger partial charge in [0.05, 0.1) is 13.7 Å². The molecular weight excluding hydrogens is 248 g/mol. The predicted molar refractivity (Wildman–Crippen MR) is 69.4 cm³/mol. The molecular formula is C14H18O5. The molecule has 0 radical (unpaired) electrons. The van der Waals surface area contributed by atoms with Crippen LogP contribution in [0.4, 0.5) is 0 Å². The molecule has 1 heterocycles. The first kappa shape index (κ1) is 15.2. The molecule has 1 atom stereocenters. The fourth-order valence-electron chi connectivity index (χ4n) is 1.33. The third kappa shape index (κ3) is 4.71. The first-order valence-electron chi connectivity index (χ1n) is 5.88. The summed E-state index contributed by atoms with van der Waals surface area (Å²) in [5.41, 5.74) is 1.30. The molecule has 0 bridgehead atoms. The Hall–Kier alpha value is -1.88. The highest BCUT2D eigenvalue weighted by Crippen LogP contribution is 2.14. The lowest BCUT2D eigenvalue weighted by Gasteiger charge is -2.05. The van der Waals surface area contributed by atoms with E-state index in [2.05, 4.69) is 11.3 Å². The summed E-state index contributed by atoms with van der Waals surface area (Å²) in [7, 11) is 1.30. The minimum atomic E-state index is -0.460. The van der Waals surface area contributed by atoms with E-state index in [1.54, 1.807) is 19.9 Å². The molecule has 1 unspecified atom stereocenters. The van der Waals surface area contributed by atoms with Crippen molar-refractivity contribution in [3.63, 3.8) is 0 Å². The van der Waals surface area contributed by atoms with E-state index in [0.29, 0.717) is 23.3 Å². The monoisotopic (exact) mass is 266 g/mol. The fourth-order valence-corrected chi connectivity index (χ4v) is 1.33. The summed E-state index contributed by atoms with van der Waals surface area (Å²) < 4.78 is 14.6. The van der Waals surface area contributed by atoms with Crippen molar-refractivity contribution in [1.82, 2.24) is 0 Å². The number of ether oxygens (including phenoxy) is 3. The van der Waals surface area contributed by atoms with Gasteiger partial charge in [0.15, 0.2) is 0 Å². The first-order chi connectivity index (χ1) is 8.99. The lowest BCUT2D eigenvalue weighted by Crippen LogP contribution is -2.11. The molecule has 1 fully saturated rings. The number of carbonyl (C=O) groups excluding carboxylic acids is 2. The van der Waals surface area contributed by atoms with Crippen LogP contribution in [0.1, 0.15) is 13.8 Å². The van der Waals surface area contributed by atoms with E-state index in [4.69, 9.17) is 9.47 Å². The van der Waals surface area contributed by atoms with Gasteiger partial charge in [-0.15, -0.1) is 0 Å². The zero-order valence-electron chi connectivity index (χ0n) is 11.4. The van der Waals surface area contributed by atoms with Crippen LogP contribution in [0.25, 0.3) is 0 Å². The predicted octanol–water partition coefficient (Wildman–Crippen LogP) is 1.55. The Labute approximate surface area is 112 Å². The SMILES string of the molecule is C=CC(/C=C(\C)C(=O)OCC1CO1)=C(/C)C(=O)OC. The van der Waals surface area contributed by atoms with Gasteiger partial charge in [-0.2, -0.15) is 0 Å². The summed E-state index contributed by atoms with van der Waals surface area (Å²) in [4.78, 5) is 23.1. The Kier molecular flexibility index (Phi) is 5.51. The van der Waals surface area contributed by atoms with E-state index in [-0.39, 0.29) is 12.7 Å². The van der Waals surface area contributed by atoms with Crippen molar-refractivity contribution >= 4 is 11.9 Å². The molecule has 104 valence electrons. The lowest BCUT2D eigenvalue weighted by molar-refractivity contribution is -0.139. The van der Waals surface area contributed by atoms with Crippen LogP contribution in [0.2, 0.25) is 0 Å². The topological polar surface area (TPSA) is 65.1 Å². The minimum absolute atomic E-state index is 0.0305. The first-order valence-corrected chi connectivity index (χ1v) is 5.88. The van der Waals surface area contributed by atoms with Crippen LogP contribution >= 0.6 is 0 Å². The Morgan fingerprint density at radius 3 is 2.47 bits per heavy atom. The third-order valence-electron chi connectivity index (χ3n) is 2.64. The van der Waals surface area contributed by atoms with Gasteiger partial charge < -0.3 is 14.2 Å². The molecule has 5 heteroatoms. The van der Waals surface area contributed by atoms with Gasteiger partial charge in [-0.1, -0.05) is 12.7 Å². The average molecular weight is 266 g/mol. The van der Waals surface area contributed by atoms with Crippen LogP contribution in [-0.2, 0) is 23.8 Å². The maximum atomic E-state index is 11.7. The number of allylic oxidation sites excluding steroid dienone is 3. The van der Waals surface area contributed by atoms with Gasteiger partial charge in [0.25, 0.3) is 0 Å². The van der Waals surface area contributed by atoms with Crippen molar-refractivity contribution in [2.24, 2.45) is 0 Å². The molecule has 0 aromatic rings. The zero-order valence-corrected chi connectivity index (χ0v) is 11.4. The van der Waals surface area contributed by atoms with Crippen molar-refractivity contribution in [2.75, 3.05) is 20.3 Å². The lowest BCUT2D eigenvalue weighted by atomic mass is 10.1. The molecule has 0 aliphatic carbocycles. The second-order valence-corrected chi connectivity index (χ2v) is 4.16. The molecule has 0 N–H and O–H groups in total. The second kappa shape index (κ2) is 6.89. The van der Waals surface area contributed by atoms with Crippen molar-refractivity contribution in [2.45, 2.75) is 20.0 Å². The molecule has 19 heavy (non-hydrogen) atoms. The summed E-state index contributed by atoms with van der Waals surface area (Å²) in [6, 6.07) is 0. The number of hydrogen-bond acceptors (Lipinski definition) is 5. The van der Waals surface area contributed by atoms with E-state index in [9.17, 15) is 9.59 Å². The van der Waals surface area contributed by atoms with E-state index in [1.807, 2.05) is 0 Å². The normalized spacial score (nSPS) is 19.3. The highest BCUT2D eigenvalue weighted by atomic mass is 16.6. The third-order valence-corrected chi connectivity index (χ3v) is 2.64. The average Bonchev–Trinajstić information content (AvgIpc) is 3.24. The molecule has 0 spiro atoms. The molecule has 1 saturated heterocycles. The van der Waals surface area contributed by atoms with E-state index < -0.39 is 11.9 Å². The number of carbonyl (C=O) groups is 2. The highest BCUT2D eigenvalue weighted by Gasteiger charge is 2.24. The Morgan fingerprint density at radius 2 is 2.00 bits per heavy atom. The number of epoxide rings is 1. The summed E-state index contributed by atoms with van der Waals surface area (Å²) in [5.74, 6) is -0.897. The summed E-state index contributed by atoms with van der Waals surface area (Å²) >= 11 is 0. The summed E-state index contributed by atoms with van der Waals surface area (Å²) in [5, 5.41) is 0. The molecule has 0 amide bonds. The highest BCUT2D eigenvalue weighted by molar-refractivity contribution is 5.92. The van der Waals surface area contributed by atoms with Crippen molar-refractivity contribution in [3.05, 3.63) is 35.5 Å². The molecule has 5 nitrogen and oxygen atoms in total. The van der Waals surface area contributed by atoms with Crippen LogP contribution in [0.3, 0.4) is 0 Å². The van der Waals surface area contributed by atoms with Gasteiger partial charge in [0.2, 0.25) is 0 Å². The van der Waals surface area contributed by atoms with E-state index >= 15 is 0 Å². The minimum Gasteiger partial charge on any atom is -0.466 e. The van der Waals surface area contributed by atoms with Crippen molar-refractivity contribution < 1.29 is 23.8 Å². The van der Waals surface area contributed by atoms with Gasteiger partial charge in [0.1, 0.15) is 12.7 Å². The largest absolute Gasteiger partial charge is 0.466 e. The van der Waals surface area contributed by atoms with Crippen molar-refractivity contribution in [3.8, 4) is 0 Å². The Bertz CT molecular complexity index is 441. The second-order valence-electron chi connectivity index (χ2n) is 4.16. The Morgan fingerprint density at radius 1 is 1.37 bits per heavy atom. The molecule has 1 rings (SSSR count). The van der Waals surface area contributed by atoms with Crippen LogP contribution in [0, 0.1) is 0 Å². The zero-order chi connectivity index (χ0) is 14.4. The maximum Gasteiger partial charge on any atom is 0.334 e. The van der Waals surface area contributed by atoms with Gasteiger partial charge in [-0.3, -0.25) is 0 Å². The Balaban J connectivity index is 2.74. The van der Waals surface area contributed by atoms with Crippen LogP contribution in [0.15, 0.2) is 35.5 Å². The van der Waals surface area contributed by atoms with Gasteiger partial charge in [-0.05, 0) is 25.5 Å².